The van der Waals surface area contributed by atoms with Gasteiger partial charge >= 0.3 is 6.18 Å². The number of fused-ring (bicyclic) bond motifs is 1. The lowest BCUT2D eigenvalue weighted by molar-refractivity contribution is -0.142. The summed E-state index contributed by atoms with van der Waals surface area (Å²) in [6.07, 6.45) is -4.17. The van der Waals surface area contributed by atoms with E-state index in [2.05, 4.69) is 15.3 Å². The fourth-order valence-electron chi connectivity index (χ4n) is 2.71. The molecule has 0 saturated carbocycles. The van der Waals surface area contributed by atoms with Gasteiger partial charge in [0.05, 0.1) is 23.5 Å². The molecule has 3 heterocycles. The van der Waals surface area contributed by atoms with Crippen LogP contribution in [0.15, 0.2) is 6.07 Å². The van der Waals surface area contributed by atoms with E-state index in [0.29, 0.717) is 18.8 Å². The van der Waals surface area contributed by atoms with Gasteiger partial charge in [-0.1, -0.05) is 11.6 Å². The Morgan fingerprint density at radius 2 is 2.12 bits per heavy atom. The maximum absolute atomic E-state index is 12.9. The highest BCUT2D eigenvalue weighted by Gasteiger charge is 2.38. The lowest BCUT2D eigenvalue weighted by Crippen LogP contribution is -2.38. The van der Waals surface area contributed by atoms with Gasteiger partial charge in [-0.05, 0) is 6.92 Å². The number of methoxy groups -OCH3 is 1. The molecule has 11 heteroatoms. The van der Waals surface area contributed by atoms with Crippen LogP contribution in [0.2, 0.25) is 5.02 Å². The van der Waals surface area contributed by atoms with Crippen LogP contribution >= 0.6 is 11.6 Å². The number of rotatable bonds is 3. The summed E-state index contributed by atoms with van der Waals surface area (Å²) < 4.78 is 44.7. The molecule has 0 spiro atoms. The monoisotopic (exact) mass is 389 g/mol. The van der Waals surface area contributed by atoms with Crippen LogP contribution < -0.4 is 4.74 Å². The normalized spacial score (nSPS) is 14.3. The molecular formula is C15H15ClF3N5O2. The highest BCUT2D eigenvalue weighted by Crippen LogP contribution is 2.35. The molecule has 1 aliphatic rings. The third-order valence-electron chi connectivity index (χ3n) is 4.17. The van der Waals surface area contributed by atoms with E-state index in [1.54, 1.807) is 6.07 Å². The van der Waals surface area contributed by atoms with E-state index in [1.807, 2.05) is 0 Å². The molecule has 0 aliphatic carbocycles. The van der Waals surface area contributed by atoms with E-state index in [-0.39, 0.29) is 24.7 Å². The molecule has 0 bridgehead atoms. The van der Waals surface area contributed by atoms with Gasteiger partial charge in [0.15, 0.2) is 5.69 Å². The molecule has 0 N–H and O–H groups in total. The van der Waals surface area contributed by atoms with Crippen molar-refractivity contribution in [1.82, 2.24) is 24.9 Å². The number of hydrogen-bond acceptors (Lipinski definition) is 5. The van der Waals surface area contributed by atoms with Crippen molar-refractivity contribution in [2.45, 2.75) is 32.6 Å². The maximum Gasteiger partial charge on any atom is 0.436 e. The minimum Gasteiger partial charge on any atom is -0.480 e. The predicted octanol–water partition coefficient (Wildman–Crippen LogP) is 2.25. The van der Waals surface area contributed by atoms with Crippen LogP contribution in [0.5, 0.6) is 5.88 Å². The van der Waals surface area contributed by atoms with Crippen molar-refractivity contribution in [2.24, 2.45) is 0 Å². The molecule has 1 aliphatic heterocycles. The van der Waals surface area contributed by atoms with Crippen LogP contribution in [0.25, 0.3) is 0 Å². The minimum atomic E-state index is -4.67. The van der Waals surface area contributed by atoms with Gasteiger partial charge in [0.1, 0.15) is 6.54 Å². The van der Waals surface area contributed by atoms with Crippen LogP contribution in [0.4, 0.5) is 13.2 Å². The fourth-order valence-corrected chi connectivity index (χ4v) is 2.95. The lowest BCUT2D eigenvalue weighted by Gasteiger charge is -2.28. The molecule has 3 rings (SSSR count). The Morgan fingerprint density at radius 1 is 1.38 bits per heavy atom. The molecule has 0 unspecified atom stereocenters. The second kappa shape index (κ2) is 6.75. The summed E-state index contributed by atoms with van der Waals surface area (Å²) in [6.45, 7) is 1.74. The summed E-state index contributed by atoms with van der Waals surface area (Å²) in [6, 6.07) is 1.69. The van der Waals surface area contributed by atoms with Crippen molar-refractivity contribution >= 4 is 17.5 Å². The zero-order valence-corrected chi connectivity index (χ0v) is 14.7. The average molecular weight is 390 g/mol. The second-order valence-electron chi connectivity index (χ2n) is 5.83. The summed E-state index contributed by atoms with van der Waals surface area (Å²) in [5.41, 5.74) is 0.473. The van der Waals surface area contributed by atoms with E-state index in [1.165, 1.54) is 18.9 Å². The number of hydrogen-bond donors (Lipinski definition) is 0. The number of nitrogens with zero attached hydrogens (tertiary/aromatic N) is 5. The number of carbonyl (C=O) groups excluding carboxylic acids is 1. The summed E-state index contributed by atoms with van der Waals surface area (Å²) in [5.74, 6) is -0.0232. The molecule has 0 aromatic carbocycles. The third kappa shape index (κ3) is 3.46. The molecule has 2 aromatic heterocycles. The van der Waals surface area contributed by atoms with Crippen molar-refractivity contribution in [2.75, 3.05) is 13.7 Å². The average Bonchev–Trinajstić information content (AvgIpc) is 2.89. The van der Waals surface area contributed by atoms with Crippen molar-refractivity contribution < 1.29 is 22.7 Å². The Balaban J connectivity index is 1.77. The second-order valence-corrected chi connectivity index (χ2v) is 6.21. The molecule has 0 atom stereocenters. The first-order chi connectivity index (χ1) is 12.2. The van der Waals surface area contributed by atoms with Gasteiger partial charge in [-0.15, -0.1) is 5.10 Å². The number of carbonyl (C=O) groups is 1. The quantitative estimate of drug-likeness (QED) is 0.805. The zero-order chi connectivity index (χ0) is 19.1. The Morgan fingerprint density at radius 3 is 2.73 bits per heavy atom. The van der Waals surface area contributed by atoms with Crippen LogP contribution in [0.1, 0.15) is 22.6 Å². The highest BCUT2D eigenvalue weighted by atomic mass is 35.5. The molecule has 0 fully saturated rings. The first-order valence-electron chi connectivity index (χ1n) is 7.68. The van der Waals surface area contributed by atoms with Gasteiger partial charge in [-0.3, -0.25) is 9.48 Å². The van der Waals surface area contributed by atoms with Gasteiger partial charge < -0.3 is 9.64 Å². The number of alkyl halides is 3. The van der Waals surface area contributed by atoms with Crippen molar-refractivity contribution in [3.8, 4) is 5.88 Å². The van der Waals surface area contributed by atoms with Crippen molar-refractivity contribution in [3.05, 3.63) is 33.7 Å². The van der Waals surface area contributed by atoms with Crippen molar-refractivity contribution in [3.63, 3.8) is 0 Å². The van der Waals surface area contributed by atoms with Gasteiger partial charge in [0.25, 0.3) is 0 Å². The van der Waals surface area contributed by atoms with Crippen LogP contribution in [0.3, 0.4) is 0 Å². The number of amides is 1. The van der Waals surface area contributed by atoms with E-state index in [0.717, 1.165) is 15.9 Å². The first kappa shape index (κ1) is 18.4. The first-order valence-corrected chi connectivity index (χ1v) is 8.06. The molecular weight excluding hydrogens is 375 g/mol. The SMILES string of the molecule is COc1cc2c(nn1)CCN(C(=O)Cn1nc(C(F)(F)F)c(Cl)c1C)C2. The number of aromatic nitrogens is 4. The molecule has 0 radical (unpaired) electrons. The van der Waals surface area contributed by atoms with Crippen LogP contribution in [0, 0.1) is 6.92 Å². The highest BCUT2D eigenvalue weighted by molar-refractivity contribution is 6.32. The largest absolute Gasteiger partial charge is 0.480 e. The van der Waals surface area contributed by atoms with Crippen LogP contribution in [-0.4, -0.2) is 44.4 Å². The van der Waals surface area contributed by atoms with E-state index in [4.69, 9.17) is 16.3 Å². The van der Waals surface area contributed by atoms with Gasteiger partial charge in [0, 0.05) is 31.1 Å². The van der Waals surface area contributed by atoms with E-state index >= 15 is 0 Å². The summed E-state index contributed by atoms with van der Waals surface area (Å²) in [5, 5.41) is 10.9. The predicted molar refractivity (Wildman–Crippen MR) is 84.7 cm³/mol. The molecule has 140 valence electrons. The molecule has 1 amide bonds. The third-order valence-corrected chi connectivity index (χ3v) is 4.62. The number of halogens is 4. The Bertz CT molecular complexity index is 853. The topological polar surface area (TPSA) is 73.1 Å². The Hall–Kier alpha value is -2.36. The van der Waals surface area contributed by atoms with E-state index in [9.17, 15) is 18.0 Å². The summed E-state index contributed by atoms with van der Waals surface area (Å²) in [4.78, 5) is 14.1. The van der Waals surface area contributed by atoms with E-state index < -0.39 is 16.9 Å². The van der Waals surface area contributed by atoms with Crippen LogP contribution in [-0.2, 0) is 30.5 Å². The standard InChI is InChI=1S/C15H15ClF3N5O2/c1-8-13(16)14(15(17,18)19)22-24(8)7-12(25)23-4-3-10-9(6-23)5-11(26-2)21-20-10/h5H,3-4,6-7H2,1-2H3. The summed E-state index contributed by atoms with van der Waals surface area (Å²) in [7, 11) is 1.46. The summed E-state index contributed by atoms with van der Waals surface area (Å²) >= 11 is 5.71. The van der Waals surface area contributed by atoms with Gasteiger partial charge in [-0.2, -0.15) is 23.4 Å². The lowest BCUT2D eigenvalue weighted by atomic mass is 10.1. The number of ether oxygens (including phenoxy) is 1. The molecule has 7 nitrogen and oxygen atoms in total. The Kier molecular flexibility index (Phi) is 4.78. The minimum absolute atomic E-state index is 0.0947. The zero-order valence-electron chi connectivity index (χ0n) is 14.0. The van der Waals surface area contributed by atoms with Gasteiger partial charge in [0.2, 0.25) is 11.8 Å². The molecule has 26 heavy (non-hydrogen) atoms. The maximum atomic E-state index is 12.9. The molecule has 2 aromatic rings. The molecule has 0 saturated heterocycles. The van der Waals surface area contributed by atoms with Gasteiger partial charge in [-0.25, -0.2) is 0 Å². The fraction of sp³-hybridized carbons (Fsp3) is 0.467. The smallest absolute Gasteiger partial charge is 0.436 e. The van der Waals surface area contributed by atoms with Crippen molar-refractivity contribution in [1.29, 1.82) is 0 Å². The Labute approximate surface area is 151 Å².